The first-order chi connectivity index (χ1) is 16.1. The topological polar surface area (TPSA) is 54.4 Å². The third kappa shape index (κ3) is 4.26. The second-order valence-electron chi connectivity index (χ2n) is 8.01. The monoisotopic (exact) mass is 445 g/mol. The molecule has 0 aromatic heterocycles. The highest BCUT2D eigenvalue weighted by Crippen LogP contribution is 2.39. The Balaban J connectivity index is 1.45. The van der Waals surface area contributed by atoms with Crippen molar-refractivity contribution in [3.63, 3.8) is 0 Å². The predicted octanol–water partition coefficient (Wildman–Crippen LogP) is 4.87. The quantitative estimate of drug-likeness (QED) is 0.565. The molecule has 0 saturated carbocycles. The number of ether oxygens (including phenoxy) is 2. The molecule has 3 aromatic carbocycles. The van der Waals surface area contributed by atoms with E-state index in [1.54, 1.807) is 24.1 Å². The van der Waals surface area contributed by atoms with Gasteiger partial charge in [-0.1, -0.05) is 18.2 Å². The van der Waals surface area contributed by atoms with Gasteiger partial charge in [0.2, 0.25) is 0 Å². The molecule has 0 atom stereocenters. The Morgan fingerprint density at radius 3 is 2.70 bits per heavy atom. The lowest BCUT2D eigenvalue weighted by Gasteiger charge is -2.25. The van der Waals surface area contributed by atoms with Crippen LogP contribution < -0.4 is 9.47 Å². The van der Waals surface area contributed by atoms with E-state index in [4.69, 9.17) is 14.5 Å². The standard InChI is InChI=1S/C26H24FN3O3/c1-32-20-10-11-21-24(17-20)33-23-9-3-2-8-22(23)28-25(21)29-12-5-13-30(15-14-29)26(31)18-6-4-7-19(27)16-18/h2-4,6-11,16-17H,5,12-15H2,1H3. The minimum absolute atomic E-state index is 0.155. The summed E-state index contributed by atoms with van der Waals surface area (Å²) in [5.41, 5.74) is 1.99. The van der Waals surface area contributed by atoms with Gasteiger partial charge >= 0.3 is 0 Å². The first-order valence-electron chi connectivity index (χ1n) is 11.0. The zero-order valence-electron chi connectivity index (χ0n) is 18.3. The molecule has 3 aromatic rings. The summed E-state index contributed by atoms with van der Waals surface area (Å²) < 4.78 is 25.2. The van der Waals surface area contributed by atoms with E-state index in [1.807, 2.05) is 42.5 Å². The summed E-state index contributed by atoms with van der Waals surface area (Å²) in [6, 6.07) is 19.2. The molecule has 1 amide bonds. The SMILES string of the molecule is COc1ccc2c(c1)Oc1ccccc1N=C2N1CCCN(C(=O)c2cccc(F)c2)CC1. The van der Waals surface area contributed by atoms with Gasteiger partial charge in [0.15, 0.2) is 5.75 Å². The number of hydrogen-bond donors (Lipinski definition) is 0. The summed E-state index contributed by atoms with van der Waals surface area (Å²) in [4.78, 5) is 21.9. The maximum Gasteiger partial charge on any atom is 0.254 e. The van der Waals surface area contributed by atoms with E-state index >= 15 is 0 Å². The smallest absolute Gasteiger partial charge is 0.254 e. The summed E-state index contributed by atoms with van der Waals surface area (Å²) in [7, 11) is 1.63. The Labute approximate surface area is 191 Å². The van der Waals surface area contributed by atoms with E-state index in [1.165, 1.54) is 12.1 Å². The number of nitrogens with zero attached hydrogens (tertiary/aromatic N) is 3. The molecule has 6 nitrogen and oxygen atoms in total. The number of carbonyl (C=O) groups excluding carboxylic acids is 1. The maximum absolute atomic E-state index is 13.6. The van der Waals surface area contributed by atoms with Gasteiger partial charge in [-0.25, -0.2) is 9.38 Å². The highest BCUT2D eigenvalue weighted by Gasteiger charge is 2.27. The lowest BCUT2D eigenvalue weighted by molar-refractivity contribution is 0.0763. The number of benzene rings is 3. The molecule has 0 aliphatic carbocycles. The third-order valence-electron chi connectivity index (χ3n) is 5.90. The summed E-state index contributed by atoms with van der Waals surface area (Å²) >= 11 is 0. The molecule has 0 radical (unpaired) electrons. The van der Waals surface area contributed by atoms with Crippen molar-refractivity contribution < 1.29 is 18.7 Å². The van der Waals surface area contributed by atoms with Gasteiger partial charge in [-0.2, -0.15) is 0 Å². The number of methoxy groups -OCH3 is 1. The normalized spacial score (nSPS) is 15.4. The number of rotatable bonds is 2. The van der Waals surface area contributed by atoms with Crippen LogP contribution in [0.5, 0.6) is 17.2 Å². The van der Waals surface area contributed by atoms with Gasteiger partial charge in [0.05, 0.1) is 12.7 Å². The lowest BCUT2D eigenvalue weighted by Crippen LogP contribution is -2.37. The van der Waals surface area contributed by atoms with Crippen molar-refractivity contribution in [2.24, 2.45) is 4.99 Å². The molecule has 1 fully saturated rings. The Morgan fingerprint density at radius 2 is 1.85 bits per heavy atom. The maximum atomic E-state index is 13.6. The van der Waals surface area contributed by atoms with E-state index in [2.05, 4.69) is 4.90 Å². The average Bonchev–Trinajstić information content (AvgIpc) is 3.18. The summed E-state index contributed by atoms with van der Waals surface area (Å²) in [5.74, 6) is 2.30. The van der Waals surface area contributed by atoms with Gasteiger partial charge in [0.1, 0.15) is 28.8 Å². The fourth-order valence-electron chi connectivity index (χ4n) is 4.20. The lowest BCUT2D eigenvalue weighted by atomic mass is 10.1. The van der Waals surface area contributed by atoms with Crippen LogP contribution in [-0.4, -0.2) is 54.8 Å². The van der Waals surface area contributed by atoms with E-state index in [9.17, 15) is 9.18 Å². The van der Waals surface area contributed by atoms with Gasteiger partial charge in [-0.3, -0.25) is 4.79 Å². The first-order valence-corrected chi connectivity index (χ1v) is 11.0. The molecule has 2 aliphatic heterocycles. The van der Waals surface area contributed by atoms with E-state index in [-0.39, 0.29) is 5.91 Å². The minimum atomic E-state index is -0.407. The number of hydrogen-bond acceptors (Lipinski definition) is 5. The number of amidine groups is 1. The number of carbonyl (C=O) groups is 1. The van der Waals surface area contributed by atoms with Crippen LogP contribution in [0.25, 0.3) is 0 Å². The number of fused-ring (bicyclic) bond motifs is 2. The van der Waals surface area contributed by atoms with E-state index < -0.39 is 5.82 Å². The molecule has 0 spiro atoms. The predicted molar refractivity (Wildman–Crippen MR) is 124 cm³/mol. The molecule has 5 rings (SSSR count). The number of para-hydroxylation sites is 2. The Bertz CT molecular complexity index is 1230. The van der Waals surface area contributed by atoms with Crippen LogP contribution in [0.1, 0.15) is 22.3 Å². The van der Waals surface area contributed by atoms with Crippen molar-refractivity contribution in [3.05, 3.63) is 83.7 Å². The van der Waals surface area contributed by atoms with Crippen LogP contribution in [-0.2, 0) is 0 Å². The molecule has 0 unspecified atom stereocenters. The molecular weight excluding hydrogens is 421 g/mol. The molecule has 2 heterocycles. The zero-order chi connectivity index (χ0) is 22.8. The van der Waals surface area contributed by atoms with Crippen molar-refractivity contribution in [1.29, 1.82) is 0 Å². The Kier molecular flexibility index (Phi) is 5.69. The van der Waals surface area contributed by atoms with Gasteiger partial charge in [-0.15, -0.1) is 0 Å². The van der Waals surface area contributed by atoms with Crippen LogP contribution in [0.4, 0.5) is 10.1 Å². The minimum Gasteiger partial charge on any atom is -0.497 e. The second kappa shape index (κ2) is 8.94. The van der Waals surface area contributed by atoms with Crippen molar-refractivity contribution in [1.82, 2.24) is 9.80 Å². The zero-order valence-corrected chi connectivity index (χ0v) is 18.3. The average molecular weight is 445 g/mol. The Morgan fingerprint density at radius 1 is 0.970 bits per heavy atom. The summed E-state index contributed by atoms with van der Waals surface area (Å²) in [6.07, 6.45) is 0.772. The van der Waals surface area contributed by atoms with Crippen molar-refractivity contribution in [3.8, 4) is 17.2 Å². The highest BCUT2D eigenvalue weighted by molar-refractivity contribution is 6.04. The second-order valence-corrected chi connectivity index (χ2v) is 8.01. The first kappa shape index (κ1) is 21.0. The van der Waals surface area contributed by atoms with Crippen LogP contribution >= 0.6 is 0 Å². The number of aliphatic imine (C=N–C) groups is 1. The van der Waals surface area contributed by atoms with E-state index in [0.29, 0.717) is 42.4 Å². The fraction of sp³-hybridized carbons (Fsp3) is 0.231. The van der Waals surface area contributed by atoms with Crippen molar-refractivity contribution in [2.45, 2.75) is 6.42 Å². The van der Waals surface area contributed by atoms with Crippen molar-refractivity contribution in [2.75, 3.05) is 33.3 Å². The van der Waals surface area contributed by atoms with Gasteiger partial charge < -0.3 is 19.3 Å². The summed E-state index contributed by atoms with van der Waals surface area (Å²) in [5, 5.41) is 0. The van der Waals surface area contributed by atoms with Crippen molar-refractivity contribution >= 4 is 17.4 Å². The molecular formula is C26H24FN3O3. The van der Waals surface area contributed by atoms with Gasteiger partial charge in [-0.05, 0) is 48.9 Å². The Hall–Kier alpha value is -3.87. The van der Waals surface area contributed by atoms with Gasteiger partial charge in [0.25, 0.3) is 5.91 Å². The van der Waals surface area contributed by atoms with Crippen LogP contribution in [0.15, 0.2) is 71.7 Å². The molecule has 0 bridgehead atoms. The number of amides is 1. The molecule has 33 heavy (non-hydrogen) atoms. The van der Waals surface area contributed by atoms with Crippen LogP contribution in [0.3, 0.4) is 0 Å². The largest absolute Gasteiger partial charge is 0.497 e. The molecule has 0 N–H and O–H groups in total. The highest BCUT2D eigenvalue weighted by atomic mass is 19.1. The molecule has 2 aliphatic rings. The molecule has 168 valence electrons. The third-order valence-corrected chi connectivity index (χ3v) is 5.90. The van der Waals surface area contributed by atoms with E-state index in [0.717, 1.165) is 30.1 Å². The van der Waals surface area contributed by atoms with Gasteiger partial charge in [0, 0.05) is 37.8 Å². The summed E-state index contributed by atoms with van der Waals surface area (Å²) in [6.45, 7) is 2.46. The van der Waals surface area contributed by atoms with Crippen LogP contribution in [0.2, 0.25) is 0 Å². The van der Waals surface area contributed by atoms with Crippen LogP contribution in [0, 0.1) is 5.82 Å². The molecule has 7 heteroatoms. The fourth-order valence-corrected chi connectivity index (χ4v) is 4.20. The number of halogens is 1. The molecule has 1 saturated heterocycles.